The number of amidine groups is 2. The van der Waals surface area contributed by atoms with Gasteiger partial charge in [0, 0.05) is 60.8 Å². The summed E-state index contributed by atoms with van der Waals surface area (Å²) in [5, 5.41) is 12.5. The standard InChI is InChI=1S/C32H40N6O2/c1-5-7-21-35-29(33-3)23-13-17-27(18-14-23)37-31(39)25-9-11-26(12-10-25)32(40)38-28-19-15-24(16-20-28)30(34-4)36-22-8-6-2/h9-20H,5-8,21-22H2,1-4H3,(H,33,35)(H,34,36)(H,37,39)(H,38,40). The summed E-state index contributed by atoms with van der Waals surface area (Å²) in [4.78, 5) is 34.2. The summed E-state index contributed by atoms with van der Waals surface area (Å²) in [6.07, 6.45) is 4.38. The van der Waals surface area contributed by atoms with Crippen LogP contribution in [0.25, 0.3) is 0 Å². The van der Waals surface area contributed by atoms with E-state index in [2.05, 4.69) is 45.1 Å². The molecule has 0 spiro atoms. The van der Waals surface area contributed by atoms with Crippen molar-refractivity contribution in [2.24, 2.45) is 9.98 Å². The highest BCUT2D eigenvalue weighted by atomic mass is 16.2. The van der Waals surface area contributed by atoms with Crippen LogP contribution in [0.5, 0.6) is 0 Å². The topological polar surface area (TPSA) is 107 Å². The fourth-order valence-corrected chi connectivity index (χ4v) is 3.99. The van der Waals surface area contributed by atoms with Crippen LogP contribution in [-0.2, 0) is 0 Å². The Morgan fingerprint density at radius 3 is 1.18 bits per heavy atom. The first-order valence-corrected chi connectivity index (χ1v) is 13.8. The average molecular weight is 541 g/mol. The summed E-state index contributed by atoms with van der Waals surface area (Å²) < 4.78 is 0. The van der Waals surface area contributed by atoms with Crippen LogP contribution < -0.4 is 21.3 Å². The molecule has 8 nitrogen and oxygen atoms in total. The van der Waals surface area contributed by atoms with Gasteiger partial charge in [0.15, 0.2) is 0 Å². The van der Waals surface area contributed by atoms with E-state index in [4.69, 9.17) is 0 Å². The van der Waals surface area contributed by atoms with Crippen molar-refractivity contribution in [1.82, 2.24) is 10.6 Å². The summed E-state index contributed by atoms with van der Waals surface area (Å²) in [5.74, 6) is 1.16. The van der Waals surface area contributed by atoms with E-state index in [-0.39, 0.29) is 11.8 Å². The molecular weight excluding hydrogens is 500 g/mol. The zero-order valence-electron chi connectivity index (χ0n) is 23.9. The molecule has 3 aromatic carbocycles. The fraction of sp³-hybridized carbons (Fsp3) is 0.312. The summed E-state index contributed by atoms with van der Waals surface area (Å²) in [6.45, 7) is 6.04. The number of carbonyl (C=O) groups excluding carboxylic acids is 2. The Morgan fingerprint density at radius 1 is 0.550 bits per heavy atom. The molecule has 0 aliphatic rings. The van der Waals surface area contributed by atoms with Crippen molar-refractivity contribution in [3.63, 3.8) is 0 Å². The van der Waals surface area contributed by atoms with Crippen molar-refractivity contribution in [1.29, 1.82) is 0 Å². The molecule has 40 heavy (non-hydrogen) atoms. The minimum atomic E-state index is -0.248. The molecule has 0 aromatic heterocycles. The number of nitrogens with zero attached hydrogens (tertiary/aromatic N) is 2. The number of nitrogens with one attached hydrogen (secondary N) is 4. The van der Waals surface area contributed by atoms with Crippen LogP contribution in [0, 0.1) is 0 Å². The van der Waals surface area contributed by atoms with Crippen molar-refractivity contribution in [3.8, 4) is 0 Å². The van der Waals surface area contributed by atoms with E-state index in [1.807, 2.05) is 48.5 Å². The highest BCUT2D eigenvalue weighted by Crippen LogP contribution is 2.15. The number of benzene rings is 3. The molecule has 0 fully saturated rings. The fourth-order valence-electron chi connectivity index (χ4n) is 3.99. The van der Waals surface area contributed by atoms with E-state index < -0.39 is 0 Å². The van der Waals surface area contributed by atoms with Gasteiger partial charge in [-0.25, -0.2) is 0 Å². The van der Waals surface area contributed by atoms with Gasteiger partial charge >= 0.3 is 0 Å². The second-order valence-corrected chi connectivity index (χ2v) is 9.35. The van der Waals surface area contributed by atoms with Gasteiger partial charge in [-0.2, -0.15) is 0 Å². The predicted molar refractivity (Wildman–Crippen MR) is 166 cm³/mol. The van der Waals surface area contributed by atoms with Crippen molar-refractivity contribution in [3.05, 3.63) is 95.1 Å². The summed E-state index contributed by atoms with van der Waals surface area (Å²) in [7, 11) is 3.52. The highest BCUT2D eigenvalue weighted by molar-refractivity contribution is 6.07. The van der Waals surface area contributed by atoms with E-state index in [0.717, 1.165) is 61.6 Å². The maximum absolute atomic E-state index is 12.8. The van der Waals surface area contributed by atoms with Gasteiger partial charge in [0.1, 0.15) is 11.7 Å². The van der Waals surface area contributed by atoms with E-state index in [1.54, 1.807) is 38.4 Å². The molecule has 2 amide bonds. The molecule has 8 heteroatoms. The number of hydrogen-bond donors (Lipinski definition) is 4. The third-order valence-electron chi connectivity index (χ3n) is 6.33. The van der Waals surface area contributed by atoms with Crippen LogP contribution in [0.4, 0.5) is 11.4 Å². The lowest BCUT2D eigenvalue weighted by Gasteiger charge is -2.11. The number of hydrogen-bond acceptors (Lipinski definition) is 4. The summed E-state index contributed by atoms with van der Waals surface area (Å²) in [6, 6.07) is 21.7. The summed E-state index contributed by atoms with van der Waals surface area (Å²) in [5.41, 5.74) is 4.21. The zero-order chi connectivity index (χ0) is 28.7. The molecule has 0 radical (unpaired) electrons. The number of unbranched alkanes of at least 4 members (excludes halogenated alkanes) is 2. The van der Waals surface area contributed by atoms with Crippen LogP contribution in [-0.4, -0.2) is 50.7 Å². The SMILES string of the molecule is CCCCNC(=NC)c1ccc(NC(=O)c2ccc(C(=O)Nc3ccc(C(=NC)NCCCC)cc3)cc2)cc1. The average Bonchev–Trinajstić information content (AvgIpc) is 2.99. The Labute approximate surface area is 237 Å². The van der Waals surface area contributed by atoms with Crippen molar-refractivity contribution in [2.75, 3.05) is 37.8 Å². The van der Waals surface area contributed by atoms with Gasteiger partial charge in [0.05, 0.1) is 0 Å². The Balaban J connectivity index is 1.55. The first-order chi connectivity index (χ1) is 19.5. The van der Waals surface area contributed by atoms with Gasteiger partial charge in [-0.3, -0.25) is 19.6 Å². The number of anilines is 2. The first-order valence-electron chi connectivity index (χ1n) is 13.8. The van der Waals surface area contributed by atoms with E-state index in [0.29, 0.717) is 22.5 Å². The Kier molecular flexibility index (Phi) is 11.9. The Morgan fingerprint density at radius 2 is 0.875 bits per heavy atom. The van der Waals surface area contributed by atoms with Crippen LogP contribution in [0.15, 0.2) is 82.8 Å². The van der Waals surface area contributed by atoms with Crippen molar-refractivity contribution in [2.45, 2.75) is 39.5 Å². The molecule has 0 atom stereocenters. The molecule has 3 rings (SSSR count). The molecule has 0 aliphatic heterocycles. The lowest BCUT2D eigenvalue weighted by atomic mass is 10.1. The Hall–Kier alpha value is -4.46. The van der Waals surface area contributed by atoms with Crippen LogP contribution in [0.2, 0.25) is 0 Å². The van der Waals surface area contributed by atoms with Crippen molar-refractivity contribution >= 4 is 34.9 Å². The van der Waals surface area contributed by atoms with Crippen LogP contribution >= 0.6 is 0 Å². The third-order valence-corrected chi connectivity index (χ3v) is 6.33. The maximum Gasteiger partial charge on any atom is 0.255 e. The normalized spacial score (nSPS) is 11.6. The van der Waals surface area contributed by atoms with Crippen LogP contribution in [0.3, 0.4) is 0 Å². The van der Waals surface area contributed by atoms with E-state index in [9.17, 15) is 9.59 Å². The third kappa shape index (κ3) is 8.80. The van der Waals surface area contributed by atoms with Gasteiger partial charge in [0.2, 0.25) is 0 Å². The largest absolute Gasteiger partial charge is 0.370 e. The highest BCUT2D eigenvalue weighted by Gasteiger charge is 2.11. The molecule has 0 saturated heterocycles. The zero-order valence-corrected chi connectivity index (χ0v) is 23.9. The molecule has 0 heterocycles. The number of amides is 2. The molecule has 210 valence electrons. The molecular formula is C32H40N6O2. The molecule has 0 aliphatic carbocycles. The van der Waals surface area contributed by atoms with Gasteiger partial charge in [-0.05, 0) is 85.6 Å². The van der Waals surface area contributed by atoms with Gasteiger partial charge in [-0.1, -0.05) is 26.7 Å². The summed E-state index contributed by atoms with van der Waals surface area (Å²) >= 11 is 0. The van der Waals surface area contributed by atoms with Gasteiger partial charge in [-0.15, -0.1) is 0 Å². The van der Waals surface area contributed by atoms with Crippen LogP contribution in [0.1, 0.15) is 71.4 Å². The molecule has 0 bridgehead atoms. The number of carbonyl (C=O) groups is 2. The molecule has 3 aromatic rings. The molecule has 0 saturated carbocycles. The Bertz CT molecular complexity index is 1190. The second kappa shape index (κ2) is 15.8. The van der Waals surface area contributed by atoms with E-state index >= 15 is 0 Å². The minimum Gasteiger partial charge on any atom is -0.370 e. The monoisotopic (exact) mass is 540 g/mol. The van der Waals surface area contributed by atoms with Gasteiger partial charge in [0.25, 0.3) is 11.8 Å². The minimum absolute atomic E-state index is 0.248. The first kappa shape index (κ1) is 30.1. The predicted octanol–water partition coefficient (Wildman–Crippen LogP) is 5.72. The second-order valence-electron chi connectivity index (χ2n) is 9.35. The molecule has 4 N–H and O–H groups in total. The lowest BCUT2D eigenvalue weighted by Crippen LogP contribution is -2.25. The quantitative estimate of drug-likeness (QED) is 0.134. The lowest BCUT2D eigenvalue weighted by molar-refractivity contribution is 0.101. The van der Waals surface area contributed by atoms with Gasteiger partial charge < -0.3 is 21.3 Å². The number of aliphatic imine (C=N–C) groups is 2. The molecule has 0 unspecified atom stereocenters. The van der Waals surface area contributed by atoms with E-state index in [1.165, 1.54) is 0 Å². The maximum atomic E-state index is 12.8. The number of rotatable bonds is 12. The smallest absolute Gasteiger partial charge is 0.255 e. The van der Waals surface area contributed by atoms with Crippen molar-refractivity contribution < 1.29 is 9.59 Å².